The predicted molar refractivity (Wildman–Crippen MR) is 99.3 cm³/mol. The molecule has 1 atom stereocenters. The molecule has 3 aromatic rings. The number of nitro benzene ring substituents is 1. The Bertz CT molecular complexity index is 1070. The number of non-ortho nitro benzene ring substituents is 1. The van der Waals surface area contributed by atoms with Gasteiger partial charge in [-0.15, -0.1) is 0 Å². The number of nitro groups is 1. The monoisotopic (exact) mass is 387 g/mol. The summed E-state index contributed by atoms with van der Waals surface area (Å²) < 4.78 is 19.4. The predicted octanol–water partition coefficient (Wildman–Crippen LogP) is 3.30. The van der Waals surface area contributed by atoms with Gasteiger partial charge in [0.2, 0.25) is 5.91 Å². The summed E-state index contributed by atoms with van der Waals surface area (Å²) in [5, 5.41) is 13.6. The van der Waals surface area contributed by atoms with Crippen molar-refractivity contribution in [2.24, 2.45) is 0 Å². The molecular weight excluding hydrogens is 369 g/mol. The molecule has 1 amide bonds. The van der Waals surface area contributed by atoms with Gasteiger partial charge >= 0.3 is 5.76 Å². The van der Waals surface area contributed by atoms with Gasteiger partial charge in [-0.3, -0.25) is 19.5 Å². The number of hydrogen-bond acceptors (Lipinski definition) is 5. The lowest BCUT2D eigenvalue weighted by Crippen LogP contribution is -2.27. The van der Waals surface area contributed by atoms with E-state index >= 15 is 0 Å². The van der Waals surface area contributed by atoms with Gasteiger partial charge in [0.25, 0.3) is 5.69 Å². The Morgan fingerprint density at radius 2 is 2.00 bits per heavy atom. The van der Waals surface area contributed by atoms with Crippen LogP contribution in [0.25, 0.3) is 11.1 Å². The van der Waals surface area contributed by atoms with Crippen LogP contribution in [0, 0.1) is 15.9 Å². The number of aryl methyl sites for hydroxylation is 1. The van der Waals surface area contributed by atoms with Crippen molar-refractivity contribution in [3.8, 4) is 0 Å². The smallest absolute Gasteiger partial charge is 0.407 e. The lowest BCUT2D eigenvalue weighted by Gasteiger charge is -2.14. The number of hydrogen-bond donors (Lipinski definition) is 1. The van der Waals surface area contributed by atoms with Crippen molar-refractivity contribution in [2.45, 2.75) is 32.4 Å². The molecule has 1 heterocycles. The number of nitrogens with zero attached hydrogens (tertiary/aromatic N) is 2. The molecule has 0 unspecified atom stereocenters. The third kappa shape index (κ3) is 4.25. The highest BCUT2D eigenvalue weighted by Crippen LogP contribution is 2.20. The first-order valence-corrected chi connectivity index (χ1v) is 8.68. The number of benzene rings is 2. The van der Waals surface area contributed by atoms with Crippen LogP contribution in [0.1, 0.15) is 31.4 Å². The standard InChI is InChI=1S/C19H18FN3O5/c1-12(13-4-6-14(20)7-5-13)21-18(24)3-2-10-22-16-9-8-15(23(26)27)11-17(16)28-19(22)25/h4-9,11-12H,2-3,10H2,1H3,(H,21,24)/t12-/m0/s1. The molecule has 28 heavy (non-hydrogen) atoms. The fourth-order valence-corrected chi connectivity index (χ4v) is 2.93. The summed E-state index contributed by atoms with van der Waals surface area (Å²) in [7, 11) is 0. The molecule has 1 N–H and O–H groups in total. The Hall–Kier alpha value is -3.49. The SMILES string of the molecule is C[C@H](NC(=O)CCCn1c(=O)oc2cc([N+](=O)[O-])ccc21)c1ccc(F)cc1. The number of carbonyl (C=O) groups is 1. The molecule has 0 saturated heterocycles. The maximum atomic E-state index is 13.0. The quantitative estimate of drug-likeness (QED) is 0.494. The normalized spacial score (nSPS) is 12.1. The summed E-state index contributed by atoms with van der Waals surface area (Å²) >= 11 is 0. The Kier molecular flexibility index (Phi) is 5.53. The second kappa shape index (κ2) is 8.03. The maximum Gasteiger partial charge on any atom is 0.419 e. The first kappa shape index (κ1) is 19.3. The van der Waals surface area contributed by atoms with Crippen molar-refractivity contribution in [2.75, 3.05) is 0 Å². The van der Waals surface area contributed by atoms with Crippen molar-refractivity contribution in [1.29, 1.82) is 0 Å². The van der Waals surface area contributed by atoms with E-state index in [-0.39, 0.29) is 42.0 Å². The van der Waals surface area contributed by atoms with Gasteiger partial charge in [-0.2, -0.15) is 0 Å². The topological polar surface area (TPSA) is 107 Å². The lowest BCUT2D eigenvalue weighted by atomic mass is 10.1. The first-order valence-electron chi connectivity index (χ1n) is 8.68. The molecule has 1 aromatic heterocycles. The van der Waals surface area contributed by atoms with E-state index in [1.54, 1.807) is 19.1 Å². The first-order chi connectivity index (χ1) is 13.3. The van der Waals surface area contributed by atoms with Gasteiger partial charge in [0.15, 0.2) is 5.58 Å². The zero-order valence-corrected chi connectivity index (χ0v) is 15.1. The maximum absolute atomic E-state index is 13.0. The van der Waals surface area contributed by atoms with E-state index < -0.39 is 10.7 Å². The fraction of sp³-hybridized carbons (Fsp3) is 0.263. The van der Waals surface area contributed by atoms with Crippen LogP contribution in [0.3, 0.4) is 0 Å². The van der Waals surface area contributed by atoms with Crippen LogP contribution in [0.15, 0.2) is 51.7 Å². The van der Waals surface area contributed by atoms with Crippen LogP contribution in [0.4, 0.5) is 10.1 Å². The highest BCUT2D eigenvalue weighted by molar-refractivity contribution is 5.77. The largest absolute Gasteiger partial charge is 0.419 e. The Morgan fingerprint density at radius 1 is 1.29 bits per heavy atom. The number of carbonyl (C=O) groups excluding carboxylic acids is 1. The fourth-order valence-electron chi connectivity index (χ4n) is 2.93. The number of fused-ring (bicyclic) bond motifs is 1. The number of amides is 1. The van der Waals surface area contributed by atoms with Crippen LogP contribution in [-0.2, 0) is 11.3 Å². The van der Waals surface area contributed by atoms with E-state index in [9.17, 15) is 24.1 Å². The van der Waals surface area contributed by atoms with Gasteiger partial charge in [0.1, 0.15) is 5.82 Å². The number of nitrogens with one attached hydrogen (secondary N) is 1. The van der Waals surface area contributed by atoms with Crippen molar-refractivity contribution in [1.82, 2.24) is 9.88 Å². The molecule has 0 spiro atoms. The molecule has 8 nitrogen and oxygen atoms in total. The molecule has 146 valence electrons. The summed E-state index contributed by atoms with van der Waals surface area (Å²) in [4.78, 5) is 34.3. The van der Waals surface area contributed by atoms with Gasteiger partial charge in [-0.25, -0.2) is 9.18 Å². The molecule has 0 aliphatic carbocycles. The summed E-state index contributed by atoms with van der Waals surface area (Å²) in [6.45, 7) is 2.04. The molecule has 0 aliphatic heterocycles. The molecule has 3 rings (SSSR count). The third-order valence-electron chi connectivity index (χ3n) is 4.40. The Morgan fingerprint density at radius 3 is 2.68 bits per heavy atom. The third-order valence-corrected chi connectivity index (χ3v) is 4.40. The minimum Gasteiger partial charge on any atom is -0.407 e. The summed E-state index contributed by atoms with van der Waals surface area (Å²) in [6.07, 6.45) is 0.561. The number of halogens is 1. The molecular formula is C19H18FN3O5. The van der Waals surface area contributed by atoms with Gasteiger partial charge in [-0.05, 0) is 37.1 Å². The Balaban J connectivity index is 1.59. The van der Waals surface area contributed by atoms with Gasteiger partial charge in [0.05, 0.1) is 22.5 Å². The lowest BCUT2D eigenvalue weighted by molar-refractivity contribution is -0.384. The molecule has 0 bridgehead atoms. The molecule has 0 saturated carbocycles. The summed E-state index contributed by atoms with van der Waals surface area (Å²) in [6, 6.07) is 9.56. The molecule has 0 fully saturated rings. The van der Waals surface area contributed by atoms with Crippen molar-refractivity contribution >= 4 is 22.7 Å². The zero-order chi connectivity index (χ0) is 20.3. The second-order valence-corrected chi connectivity index (χ2v) is 6.37. The minimum atomic E-state index is -0.629. The van der Waals surface area contributed by atoms with Gasteiger partial charge < -0.3 is 9.73 Å². The molecule has 0 aliphatic rings. The van der Waals surface area contributed by atoms with Crippen LogP contribution in [0.5, 0.6) is 0 Å². The highest BCUT2D eigenvalue weighted by Gasteiger charge is 2.15. The Labute approximate surface area is 158 Å². The van der Waals surface area contributed by atoms with E-state index in [1.165, 1.54) is 34.9 Å². The number of aromatic nitrogens is 1. The van der Waals surface area contributed by atoms with Crippen LogP contribution < -0.4 is 11.1 Å². The average Bonchev–Trinajstić information content (AvgIpc) is 2.96. The molecule has 9 heteroatoms. The number of rotatable bonds is 7. The van der Waals surface area contributed by atoms with Crippen LogP contribution in [-0.4, -0.2) is 15.4 Å². The van der Waals surface area contributed by atoms with Crippen molar-refractivity contribution in [3.63, 3.8) is 0 Å². The van der Waals surface area contributed by atoms with Gasteiger partial charge in [0, 0.05) is 19.0 Å². The molecule has 2 aromatic carbocycles. The summed E-state index contributed by atoms with van der Waals surface area (Å²) in [5.41, 5.74) is 1.19. The average molecular weight is 387 g/mol. The van der Waals surface area contributed by atoms with Crippen molar-refractivity contribution < 1.29 is 18.5 Å². The van der Waals surface area contributed by atoms with Crippen LogP contribution in [0.2, 0.25) is 0 Å². The number of oxazole rings is 1. The van der Waals surface area contributed by atoms with Crippen LogP contribution >= 0.6 is 0 Å². The van der Waals surface area contributed by atoms with Gasteiger partial charge in [-0.1, -0.05) is 12.1 Å². The van der Waals surface area contributed by atoms with Crippen molar-refractivity contribution in [3.05, 3.63) is 74.5 Å². The highest BCUT2D eigenvalue weighted by atomic mass is 19.1. The van der Waals surface area contributed by atoms with E-state index in [0.29, 0.717) is 11.9 Å². The van der Waals surface area contributed by atoms with E-state index in [2.05, 4.69) is 5.32 Å². The minimum absolute atomic E-state index is 0.133. The second-order valence-electron chi connectivity index (χ2n) is 6.37. The van der Waals surface area contributed by atoms with E-state index in [0.717, 1.165) is 5.56 Å². The summed E-state index contributed by atoms with van der Waals surface area (Å²) in [5.74, 6) is -1.17. The zero-order valence-electron chi connectivity index (χ0n) is 15.1. The van der Waals surface area contributed by atoms with E-state index in [4.69, 9.17) is 4.42 Å². The molecule has 0 radical (unpaired) electrons. The van der Waals surface area contributed by atoms with E-state index in [1.807, 2.05) is 0 Å².